The van der Waals surface area contributed by atoms with Crippen molar-refractivity contribution >= 4 is 35.0 Å². The summed E-state index contributed by atoms with van der Waals surface area (Å²) >= 11 is 11.4. The van der Waals surface area contributed by atoms with Crippen molar-refractivity contribution in [3.63, 3.8) is 0 Å². The van der Waals surface area contributed by atoms with E-state index in [1.807, 2.05) is 25.1 Å². The molecule has 8 heteroatoms. The maximum atomic E-state index is 13.0. The molecule has 0 heterocycles. The first kappa shape index (κ1) is 24.7. The highest BCUT2D eigenvalue weighted by atomic mass is 35.5. The topological polar surface area (TPSA) is 67.4 Å². The monoisotopic (exact) mass is 466 g/mol. The molecule has 5 nitrogen and oxygen atoms in total. The van der Waals surface area contributed by atoms with Gasteiger partial charge in [-0.1, -0.05) is 42.8 Å². The normalized spacial score (nSPS) is 14.0. The molecular weight excluding hydrogens is 442 g/mol. The molecule has 0 fully saturated rings. The van der Waals surface area contributed by atoms with Crippen molar-refractivity contribution in [3.05, 3.63) is 75.7 Å². The van der Waals surface area contributed by atoms with E-state index in [1.54, 1.807) is 7.05 Å². The van der Waals surface area contributed by atoms with Crippen LogP contribution in [0, 0.1) is 11.7 Å². The molecule has 3 rings (SSSR count). The van der Waals surface area contributed by atoms with E-state index in [9.17, 15) is 14.0 Å². The van der Waals surface area contributed by atoms with Crippen molar-refractivity contribution in [2.45, 2.75) is 26.2 Å². The number of hydrogen-bond donors (Lipinski definition) is 2. The second-order valence-corrected chi connectivity index (χ2v) is 7.85. The van der Waals surface area contributed by atoms with Gasteiger partial charge in [-0.3, -0.25) is 9.59 Å². The molecule has 0 spiro atoms. The highest BCUT2D eigenvalue weighted by molar-refractivity contribution is 6.31. The van der Waals surface area contributed by atoms with Gasteiger partial charge in [0.2, 0.25) is 5.91 Å². The minimum Gasteiger partial charge on any atom is -0.484 e. The lowest BCUT2D eigenvalue weighted by molar-refractivity contribution is -0.124. The first-order valence-electron chi connectivity index (χ1n) is 9.77. The zero-order valence-electron chi connectivity index (χ0n) is 17.4. The largest absolute Gasteiger partial charge is 0.484 e. The van der Waals surface area contributed by atoms with Crippen LogP contribution >= 0.6 is 23.2 Å². The molecule has 1 aliphatic carbocycles. The Bertz CT molecular complexity index is 966. The number of carbonyl (C=O) groups excluding carboxylic acids is 2. The fourth-order valence-electron chi connectivity index (χ4n) is 3.01. The van der Waals surface area contributed by atoms with Gasteiger partial charge in [0.1, 0.15) is 11.6 Å². The number of amides is 2. The molecule has 2 N–H and O–H groups in total. The summed E-state index contributed by atoms with van der Waals surface area (Å²) in [5.74, 6) is -0.440. The van der Waals surface area contributed by atoms with E-state index in [4.69, 9.17) is 27.9 Å². The highest BCUT2D eigenvalue weighted by Gasteiger charge is 2.26. The summed E-state index contributed by atoms with van der Waals surface area (Å²) in [6.07, 6.45) is 2.31. The number of nitrogens with one attached hydrogen (secondary N) is 2. The van der Waals surface area contributed by atoms with Crippen LogP contribution in [-0.4, -0.2) is 25.5 Å². The quantitative estimate of drug-likeness (QED) is 0.648. The number of halogens is 3. The van der Waals surface area contributed by atoms with Crippen LogP contribution in [0.1, 0.15) is 24.5 Å². The Hall–Kier alpha value is -2.57. The third-order valence-corrected chi connectivity index (χ3v) is 5.26. The van der Waals surface area contributed by atoms with Gasteiger partial charge in [0.15, 0.2) is 6.61 Å². The Morgan fingerprint density at radius 3 is 2.52 bits per heavy atom. The summed E-state index contributed by atoms with van der Waals surface area (Å²) < 4.78 is 18.1. The molecule has 1 aliphatic rings. The molecule has 0 aliphatic heterocycles. The Labute approximate surface area is 191 Å². The summed E-state index contributed by atoms with van der Waals surface area (Å²) in [6.45, 7) is 5.31. The lowest BCUT2D eigenvalue weighted by Crippen LogP contribution is -2.27. The average molecular weight is 467 g/mol. The van der Waals surface area contributed by atoms with Crippen LogP contribution in [-0.2, 0) is 22.4 Å². The molecule has 2 aromatic carbocycles. The standard InChI is InChI=1S/C12H13ClFNO2.C11H12ClNO/c1-3-8(2)15-12(16)7-17-9-4-5-10(13)11(14)6-9;1-13-11(14)9-4-7-2-3-10(12)6-8(7)5-9/h4-6H,2-3,7H2,1H3,(H,15,16);2-3,6,9H,4-5H2,1H3,(H,13,14). The molecule has 0 bridgehead atoms. The first-order valence-corrected chi connectivity index (χ1v) is 10.5. The molecule has 0 saturated heterocycles. The molecule has 166 valence electrons. The number of allylic oxidation sites excluding steroid dienone is 1. The van der Waals surface area contributed by atoms with E-state index in [0.717, 1.165) is 23.9 Å². The van der Waals surface area contributed by atoms with Crippen LogP contribution in [0.5, 0.6) is 5.75 Å². The minimum absolute atomic E-state index is 0.0150. The predicted molar refractivity (Wildman–Crippen MR) is 121 cm³/mol. The molecule has 0 radical (unpaired) electrons. The van der Waals surface area contributed by atoms with Gasteiger partial charge < -0.3 is 15.4 Å². The van der Waals surface area contributed by atoms with E-state index in [2.05, 4.69) is 17.2 Å². The number of benzene rings is 2. The van der Waals surface area contributed by atoms with E-state index in [1.165, 1.54) is 23.3 Å². The lowest BCUT2D eigenvalue weighted by atomic mass is 10.1. The minimum atomic E-state index is -0.581. The number of ether oxygens (including phenoxy) is 1. The van der Waals surface area contributed by atoms with Gasteiger partial charge in [0.25, 0.3) is 5.91 Å². The van der Waals surface area contributed by atoms with Gasteiger partial charge >= 0.3 is 0 Å². The fourth-order valence-corrected chi connectivity index (χ4v) is 3.33. The molecule has 1 atom stereocenters. The van der Waals surface area contributed by atoms with Crippen LogP contribution in [0.4, 0.5) is 4.39 Å². The van der Waals surface area contributed by atoms with Crippen molar-refractivity contribution in [1.82, 2.24) is 10.6 Å². The Morgan fingerprint density at radius 2 is 1.87 bits per heavy atom. The third-order valence-electron chi connectivity index (χ3n) is 4.72. The second kappa shape index (κ2) is 11.7. The van der Waals surface area contributed by atoms with E-state index in [0.29, 0.717) is 12.1 Å². The van der Waals surface area contributed by atoms with Crippen LogP contribution in [0.15, 0.2) is 48.7 Å². The van der Waals surface area contributed by atoms with Crippen LogP contribution in [0.25, 0.3) is 0 Å². The average Bonchev–Trinajstić information content (AvgIpc) is 3.17. The Balaban J connectivity index is 0.000000224. The van der Waals surface area contributed by atoms with Crippen LogP contribution in [0.3, 0.4) is 0 Å². The van der Waals surface area contributed by atoms with Crippen molar-refractivity contribution in [2.75, 3.05) is 13.7 Å². The van der Waals surface area contributed by atoms with E-state index >= 15 is 0 Å². The molecule has 31 heavy (non-hydrogen) atoms. The van der Waals surface area contributed by atoms with Gasteiger partial charge in [-0.15, -0.1) is 0 Å². The van der Waals surface area contributed by atoms with E-state index in [-0.39, 0.29) is 35.1 Å². The number of hydrogen-bond acceptors (Lipinski definition) is 3. The molecule has 2 aromatic rings. The molecule has 0 aromatic heterocycles. The third kappa shape index (κ3) is 7.56. The SMILES string of the molecule is C=C(CC)NC(=O)COc1ccc(Cl)c(F)c1.CNC(=O)C1Cc2ccc(Cl)cc2C1. The number of fused-ring (bicyclic) bond motifs is 1. The first-order chi connectivity index (χ1) is 14.7. The van der Waals surface area contributed by atoms with Gasteiger partial charge in [-0.05, 0) is 54.7 Å². The zero-order chi connectivity index (χ0) is 23.0. The van der Waals surface area contributed by atoms with Gasteiger partial charge in [0, 0.05) is 29.8 Å². The maximum absolute atomic E-state index is 13.0. The van der Waals surface area contributed by atoms with E-state index < -0.39 is 5.82 Å². The number of rotatable bonds is 6. The van der Waals surface area contributed by atoms with Crippen molar-refractivity contribution in [2.24, 2.45) is 5.92 Å². The highest BCUT2D eigenvalue weighted by Crippen LogP contribution is 2.29. The maximum Gasteiger partial charge on any atom is 0.262 e. The smallest absolute Gasteiger partial charge is 0.262 e. The molecular formula is C23H25Cl2FN2O3. The Morgan fingerprint density at radius 1 is 1.16 bits per heavy atom. The van der Waals surface area contributed by atoms with Gasteiger partial charge in [0.05, 0.1) is 5.02 Å². The molecule has 1 unspecified atom stereocenters. The molecule has 2 amide bonds. The van der Waals surface area contributed by atoms with Crippen LogP contribution < -0.4 is 15.4 Å². The van der Waals surface area contributed by atoms with Crippen molar-refractivity contribution in [1.29, 1.82) is 0 Å². The number of carbonyl (C=O) groups is 2. The molecule has 0 saturated carbocycles. The Kier molecular flexibility index (Phi) is 9.34. The fraction of sp³-hybridized carbons (Fsp3) is 0.304. The predicted octanol–water partition coefficient (Wildman–Crippen LogP) is 4.70. The zero-order valence-corrected chi connectivity index (χ0v) is 18.9. The summed E-state index contributed by atoms with van der Waals surface area (Å²) in [7, 11) is 1.68. The van der Waals surface area contributed by atoms with Crippen LogP contribution in [0.2, 0.25) is 10.0 Å². The lowest BCUT2D eigenvalue weighted by Gasteiger charge is -2.08. The summed E-state index contributed by atoms with van der Waals surface area (Å²) in [6, 6.07) is 9.85. The summed E-state index contributed by atoms with van der Waals surface area (Å²) in [5.41, 5.74) is 3.08. The van der Waals surface area contributed by atoms with Crippen molar-refractivity contribution < 1.29 is 18.7 Å². The van der Waals surface area contributed by atoms with Gasteiger partial charge in [-0.2, -0.15) is 0 Å². The summed E-state index contributed by atoms with van der Waals surface area (Å²) in [5, 5.41) is 6.00. The summed E-state index contributed by atoms with van der Waals surface area (Å²) in [4.78, 5) is 22.7. The van der Waals surface area contributed by atoms with Crippen molar-refractivity contribution in [3.8, 4) is 5.75 Å². The second-order valence-electron chi connectivity index (χ2n) is 7.00. The van der Waals surface area contributed by atoms with Gasteiger partial charge in [-0.25, -0.2) is 4.39 Å².